The quantitative estimate of drug-likeness (QED) is 0.259. The minimum Gasteiger partial charge on any atom is -0.598 e. The van der Waals surface area contributed by atoms with E-state index in [1.807, 2.05) is 26.8 Å². The van der Waals surface area contributed by atoms with Crippen molar-refractivity contribution in [2.45, 2.75) is 71.5 Å². The monoisotopic (exact) mass is 539 g/mol. The van der Waals surface area contributed by atoms with E-state index in [0.29, 0.717) is 17.4 Å². The zero-order valence-electron chi connectivity index (χ0n) is 21.5. The molecule has 200 valence electrons. The standard InChI is InChI=1S/C27H30F5N3OS/c1-25(2,3)15-35-14-19(23(24(28)29)34-37(36)26(4,5)6)18-11-10-16(12-21(18)35)22-17(13-33)8-7-9-20(22)27(30,31)32/h7-12,14,23-24,34H,15H2,1-6H3/t23-,37?/m0/s1. The van der Waals surface area contributed by atoms with Gasteiger partial charge >= 0.3 is 6.18 Å². The average molecular weight is 540 g/mol. The van der Waals surface area contributed by atoms with Gasteiger partial charge in [0.15, 0.2) is 0 Å². The van der Waals surface area contributed by atoms with Crippen LogP contribution in [0.1, 0.15) is 64.3 Å². The van der Waals surface area contributed by atoms with Crippen molar-refractivity contribution in [1.82, 2.24) is 9.29 Å². The number of alkyl halides is 5. The van der Waals surface area contributed by atoms with E-state index in [4.69, 9.17) is 0 Å². The molecule has 0 saturated carbocycles. The van der Waals surface area contributed by atoms with Crippen molar-refractivity contribution in [2.75, 3.05) is 0 Å². The lowest BCUT2D eigenvalue weighted by molar-refractivity contribution is -0.137. The Kier molecular flexibility index (Phi) is 8.04. The van der Waals surface area contributed by atoms with Gasteiger partial charge < -0.3 is 9.12 Å². The summed E-state index contributed by atoms with van der Waals surface area (Å²) < 4.78 is 86.3. The summed E-state index contributed by atoms with van der Waals surface area (Å²) in [5.74, 6) is 0. The molecule has 2 atom stereocenters. The normalized spacial score (nSPS) is 14.7. The molecule has 1 heterocycles. The van der Waals surface area contributed by atoms with Crippen molar-refractivity contribution in [3.8, 4) is 17.2 Å². The number of fused-ring (bicyclic) bond motifs is 1. The summed E-state index contributed by atoms with van der Waals surface area (Å²) in [5.41, 5.74) is -0.856. The molecule has 0 bridgehead atoms. The third kappa shape index (κ3) is 6.46. The lowest BCUT2D eigenvalue weighted by Gasteiger charge is -2.27. The van der Waals surface area contributed by atoms with Crippen LogP contribution in [-0.4, -0.2) is 20.3 Å². The molecular formula is C27H30F5N3OS. The molecule has 37 heavy (non-hydrogen) atoms. The number of aromatic nitrogens is 1. The van der Waals surface area contributed by atoms with Crippen molar-refractivity contribution >= 4 is 22.3 Å². The van der Waals surface area contributed by atoms with Crippen molar-refractivity contribution in [2.24, 2.45) is 5.41 Å². The van der Waals surface area contributed by atoms with E-state index in [2.05, 4.69) is 4.72 Å². The second-order valence-corrected chi connectivity index (χ2v) is 13.2. The van der Waals surface area contributed by atoms with Crippen LogP contribution in [0.15, 0.2) is 42.6 Å². The molecule has 0 saturated heterocycles. The van der Waals surface area contributed by atoms with E-state index < -0.39 is 40.3 Å². The third-order valence-corrected chi connectivity index (χ3v) is 7.29. The maximum absolute atomic E-state index is 14.3. The van der Waals surface area contributed by atoms with Crippen molar-refractivity contribution in [1.29, 1.82) is 5.26 Å². The Hall–Kier alpha value is -2.61. The van der Waals surface area contributed by atoms with Crippen molar-refractivity contribution < 1.29 is 26.5 Å². The number of nitrogens with zero attached hydrogens (tertiary/aromatic N) is 2. The number of benzene rings is 2. The smallest absolute Gasteiger partial charge is 0.417 e. The summed E-state index contributed by atoms with van der Waals surface area (Å²) in [6.07, 6.45) is -6.04. The summed E-state index contributed by atoms with van der Waals surface area (Å²) in [5, 5.41) is 9.94. The van der Waals surface area contributed by atoms with Crippen molar-refractivity contribution in [3.63, 3.8) is 0 Å². The van der Waals surface area contributed by atoms with Gasteiger partial charge in [0, 0.05) is 46.1 Å². The van der Waals surface area contributed by atoms with Gasteiger partial charge in [0.05, 0.1) is 17.2 Å². The summed E-state index contributed by atoms with van der Waals surface area (Å²) in [6, 6.07) is 8.07. The van der Waals surface area contributed by atoms with E-state index in [0.717, 1.165) is 6.07 Å². The fourth-order valence-electron chi connectivity index (χ4n) is 4.10. The van der Waals surface area contributed by atoms with E-state index in [1.54, 1.807) is 31.5 Å². The largest absolute Gasteiger partial charge is 0.598 e. The third-order valence-electron chi connectivity index (χ3n) is 5.71. The molecule has 3 rings (SSSR count). The average Bonchev–Trinajstić information content (AvgIpc) is 3.10. The highest BCUT2D eigenvalue weighted by molar-refractivity contribution is 7.90. The zero-order chi connectivity index (χ0) is 27.9. The molecule has 1 aromatic heterocycles. The summed E-state index contributed by atoms with van der Waals surface area (Å²) >= 11 is -1.79. The fraction of sp³-hybridized carbons (Fsp3) is 0.444. The van der Waals surface area contributed by atoms with Crippen LogP contribution in [0.25, 0.3) is 22.0 Å². The Labute approximate surface area is 216 Å². The highest BCUT2D eigenvalue weighted by Gasteiger charge is 2.37. The summed E-state index contributed by atoms with van der Waals surface area (Å²) in [7, 11) is 0. The maximum atomic E-state index is 14.3. The van der Waals surface area contributed by atoms with Crippen LogP contribution in [0.3, 0.4) is 0 Å². The molecule has 0 amide bonds. The molecule has 3 aromatic rings. The SMILES string of the molecule is CC(C)(C)Cn1cc([C@H](N[S+]([O-])C(C)(C)C)C(F)F)c2ccc(-c3c(C#N)cccc3C(F)(F)F)cc21. The first-order valence-corrected chi connectivity index (χ1v) is 12.8. The molecular weight excluding hydrogens is 509 g/mol. The van der Waals surface area contributed by atoms with Gasteiger partial charge in [-0.15, -0.1) is 4.72 Å². The molecule has 4 nitrogen and oxygen atoms in total. The van der Waals surface area contributed by atoms with Gasteiger partial charge in [-0.05, 0) is 49.9 Å². The molecule has 0 aliphatic carbocycles. The fourth-order valence-corrected chi connectivity index (χ4v) is 4.92. The Bertz CT molecular complexity index is 1310. The molecule has 1 N–H and O–H groups in total. The topological polar surface area (TPSA) is 63.8 Å². The van der Waals surface area contributed by atoms with E-state index in [-0.39, 0.29) is 27.7 Å². The van der Waals surface area contributed by atoms with Gasteiger partial charge in [-0.25, -0.2) is 8.78 Å². The Morgan fingerprint density at radius 3 is 2.22 bits per heavy atom. The minimum absolute atomic E-state index is 0.143. The molecule has 1 unspecified atom stereocenters. The number of rotatable bonds is 6. The molecule has 0 aliphatic heterocycles. The summed E-state index contributed by atoms with van der Waals surface area (Å²) in [6.45, 7) is 11.2. The molecule has 10 heteroatoms. The zero-order valence-corrected chi connectivity index (χ0v) is 22.3. The molecule has 0 aliphatic rings. The highest BCUT2D eigenvalue weighted by atomic mass is 32.2. The van der Waals surface area contributed by atoms with Gasteiger partial charge in [-0.3, -0.25) is 0 Å². The van der Waals surface area contributed by atoms with Gasteiger partial charge in [0.2, 0.25) is 0 Å². The van der Waals surface area contributed by atoms with Gasteiger partial charge in [-0.2, -0.15) is 18.4 Å². The predicted octanol–water partition coefficient (Wildman–Crippen LogP) is 7.60. The van der Waals surface area contributed by atoms with Gasteiger partial charge in [0.1, 0.15) is 10.8 Å². The van der Waals surface area contributed by atoms with Crippen LogP contribution in [-0.2, 0) is 24.1 Å². The molecule has 0 radical (unpaired) electrons. The Balaban J connectivity index is 2.29. The second kappa shape index (κ2) is 10.3. The molecule has 0 spiro atoms. The van der Waals surface area contributed by atoms with E-state index >= 15 is 0 Å². The lowest BCUT2D eigenvalue weighted by Crippen LogP contribution is -2.43. The van der Waals surface area contributed by atoms with E-state index in [1.165, 1.54) is 30.3 Å². The first-order chi connectivity index (χ1) is 16.9. The van der Waals surface area contributed by atoms with Crippen LogP contribution in [0.5, 0.6) is 0 Å². The first-order valence-electron chi connectivity index (χ1n) is 11.6. The lowest BCUT2D eigenvalue weighted by atomic mass is 9.93. The van der Waals surface area contributed by atoms with Crippen LogP contribution in [0.4, 0.5) is 22.0 Å². The first kappa shape index (κ1) is 29.0. The molecule has 2 aromatic carbocycles. The van der Waals surface area contributed by atoms with Gasteiger partial charge in [-0.1, -0.05) is 39.0 Å². The maximum Gasteiger partial charge on any atom is 0.417 e. The highest BCUT2D eigenvalue weighted by Crippen LogP contribution is 2.41. The number of hydrogen-bond acceptors (Lipinski definition) is 3. The van der Waals surface area contributed by atoms with E-state index in [9.17, 15) is 31.8 Å². The predicted molar refractivity (Wildman–Crippen MR) is 136 cm³/mol. The van der Waals surface area contributed by atoms with Crippen LogP contribution >= 0.6 is 0 Å². The van der Waals surface area contributed by atoms with Crippen LogP contribution < -0.4 is 4.72 Å². The minimum atomic E-state index is -4.70. The Morgan fingerprint density at radius 1 is 1.05 bits per heavy atom. The van der Waals surface area contributed by atoms with Crippen molar-refractivity contribution in [3.05, 3.63) is 59.3 Å². The number of hydrogen-bond donors (Lipinski definition) is 1. The van der Waals surface area contributed by atoms with Gasteiger partial charge in [0.25, 0.3) is 6.43 Å². The number of halogens is 5. The van der Waals surface area contributed by atoms with Crippen LogP contribution in [0, 0.1) is 16.7 Å². The number of nitrogens with one attached hydrogen (secondary N) is 1. The summed E-state index contributed by atoms with van der Waals surface area (Å²) in [4.78, 5) is 0. The number of nitriles is 1. The second-order valence-electron chi connectivity index (χ2n) is 11.2. The van der Waals surface area contributed by atoms with Crippen LogP contribution in [0.2, 0.25) is 0 Å². The Morgan fingerprint density at radius 2 is 1.70 bits per heavy atom. The molecule has 0 fully saturated rings.